The molecule has 1 aliphatic heterocycles. The topological polar surface area (TPSA) is 88.1 Å². The van der Waals surface area contributed by atoms with E-state index in [1.807, 2.05) is 66.7 Å². The molecule has 1 aliphatic rings. The van der Waals surface area contributed by atoms with Crippen molar-refractivity contribution in [2.75, 3.05) is 0 Å². The van der Waals surface area contributed by atoms with Gasteiger partial charge in [-0.1, -0.05) is 42.5 Å². The van der Waals surface area contributed by atoms with E-state index in [2.05, 4.69) is 19.9 Å². The zero-order chi connectivity index (χ0) is 21.2. The van der Waals surface area contributed by atoms with E-state index in [0.717, 1.165) is 27.5 Å². The molecular weight excluding hydrogens is 388 g/mol. The standard InChI is InChI=1S/C18H10N2O2.C7H6N2/c21-17-15(11-5-2-1-3-6-11)13-8-9-14-12(7-4-10-19-14)16(13)20-18(17)22;1-2-4-7-6(3-1)8-5-9-7/h1-10H;1-5H,(H,8,9). The molecule has 0 saturated carbocycles. The molecule has 5 aromatic rings. The van der Waals surface area contributed by atoms with E-state index < -0.39 is 11.7 Å². The summed E-state index contributed by atoms with van der Waals surface area (Å²) < 4.78 is 0. The van der Waals surface area contributed by atoms with Gasteiger partial charge in [0.15, 0.2) is 0 Å². The number of pyridine rings is 1. The molecule has 3 aromatic carbocycles. The summed E-state index contributed by atoms with van der Waals surface area (Å²) in [6.07, 6.45) is 3.39. The van der Waals surface area contributed by atoms with Crippen LogP contribution in [-0.2, 0) is 9.59 Å². The Morgan fingerprint density at radius 1 is 0.710 bits per heavy atom. The van der Waals surface area contributed by atoms with Gasteiger partial charge in [0.1, 0.15) is 0 Å². The Morgan fingerprint density at radius 2 is 1.52 bits per heavy atom. The zero-order valence-corrected chi connectivity index (χ0v) is 16.3. The van der Waals surface area contributed by atoms with Gasteiger partial charge in [0.05, 0.1) is 28.2 Å². The fourth-order valence-electron chi connectivity index (χ4n) is 3.61. The summed E-state index contributed by atoms with van der Waals surface area (Å²) in [7, 11) is 0. The minimum absolute atomic E-state index is 0.404. The van der Waals surface area contributed by atoms with Gasteiger partial charge in [-0.3, -0.25) is 14.6 Å². The summed E-state index contributed by atoms with van der Waals surface area (Å²) in [6, 6.07) is 24.4. The van der Waals surface area contributed by atoms with Crippen molar-refractivity contribution in [2.24, 2.45) is 4.99 Å². The van der Waals surface area contributed by atoms with E-state index in [0.29, 0.717) is 16.1 Å². The van der Waals surface area contributed by atoms with E-state index in [-0.39, 0.29) is 0 Å². The summed E-state index contributed by atoms with van der Waals surface area (Å²) >= 11 is 0. The first-order chi connectivity index (χ1) is 15.2. The third-order valence-corrected chi connectivity index (χ3v) is 5.05. The van der Waals surface area contributed by atoms with Crippen molar-refractivity contribution in [1.82, 2.24) is 15.0 Å². The molecule has 0 radical (unpaired) electrons. The second-order valence-corrected chi connectivity index (χ2v) is 6.94. The second kappa shape index (κ2) is 7.76. The van der Waals surface area contributed by atoms with Crippen LogP contribution in [0.25, 0.3) is 27.5 Å². The number of amides is 1. The summed E-state index contributed by atoms with van der Waals surface area (Å²) in [4.78, 5) is 39.7. The average Bonchev–Trinajstić information content (AvgIpc) is 3.30. The number of carbonyl (C=O) groups is 2. The number of fused-ring (bicyclic) bond motifs is 4. The maximum atomic E-state index is 12.3. The molecule has 0 saturated heterocycles. The zero-order valence-electron chi connectivity index (χ0n) is 16.3. The number of Topliss-reactive ketones (excluding diaryl/α,β-unsaturated/α-hetero) is 1. The molecule has 0 atom stereocenters. The lowest BCUT2D eigenvalue weighted by Crippen LogP contribution is -2.38. The molecule has 0 bridgehead atoms. The number of ketones is 1. The minimum atomic E-state index is -0.734. The van der Waals surface area contributed by atoms with Crippen molar-refractivity contribution in [1.29, 1.82) is 0 Å². The van der Waals surface area contributed by atoms with Crippen molar-refractivity contribution < 1.29 is 9.59 Å². The van der Waals surface area contributed by atoms with Gasteiger partial charge in [-0.25, -0.2) is 9.98 Å². The number of imidazole rings is 1. The maximum absolute atomic E-state index is 12.3. The van der Waals surface area contributed by atoms with Crippen LogP contribution in [0.15, 0.2) is 96.4 Å². The highest BCUT2D eigenvalue weighted by Crippen LogP contribution is 2.15. The Bertz CT molecular complexity index is 1540. The molecule has 6 heteroatoms. The first kappa shape index (κ1) is 18.6. The van der Waals surface area contributed by atoms with Gasteiger partial charge in [-0.05, 0) is 42.0 Å². The molecule has 0 fully saturated rings. The second-order valence-electron chi connectivity index (χ2n) is 6.94. The highest BCUT2D eigenvalue weighted by Gasteiger charge is 2.25. The summed E-state index contributed by atoms with van der Waals surface area (Å²) in [5.74, 6) is -1.30. The normalized spacial score (nSPS) is 12.8. The molecule has 2 aromatic heterocycles. The Labute approximate surface area is 176 Å². The number of hydrogen-bond acceptors (Lipinski definition) is 4. The third kappa shape index (κ3) is 3.40. The molecule has 3 heterocycles. The molecule has 1 N–H and O–H groups in total. The number of aromatic nitrogens is 3. The Hall–Kier alpha value is -4.45. The van der Waals surface area contributed by atoms with Crippen LogP contribution >= 0.6 is 0 Å². The fourth-order valence-corrected chi connectivity index (χ4v) is 3.61. The lowest BCUT2D eigenvalue weighted by Gasteiger charge is -2.10. The number of para-hydroxylation sites is 2. The first-order valence-electron chi connectivity index (χ1n) is 9.71. The number of carbonyl (C=O) groups excluding carboxylic acids is 2. The Kier molecular flexibility index (Phi) is 4.65. The SMILES string of the molecule is O=C1N=c2c(ccc3ncccc23)=C(c2ccccc2)C1=O.c1ccc2[nH]cnc2c1. The number of rotatable bonds is 1. The smallest absolute Gasteiger partial charge is 0.318 e. The molecular formula is C25H16N4O2. The first-order valence-corrected chi connectivity index (χ1v) is 9.71. The van der Waals surface area contributed by atoms with Gasteiger partial charge in [0.2, 0.25) is 0 Å². The van der Waals surface area contributed by atoms with Gasteiger partial charge < -0.3 is 4.98 Å². The Balaban J connectivity index is 0.000000189. The monoisotopic (exact) mass is 404 g/mol. The highest BCUT2D eigenvalue weighted by molar-refractivity contribution is 6.54. The predicted molar refractivity (Wildman–Crippen MR) is 118 cm³/mol. The minimum Gasteiger partial charge on any atom is -0.345 e. The molecule has 31 heavy (non-hydrogen) atoms. The molecule has 148 valence electrons. The van der Waals surface area contributed by atoms with Crippen LogP contribution in [0.5, 0.6) is 0 Å². The largest absolute Gasteiger partial charge is 0.345 e. The number of nitrogens with zero attached hydrogens (tertiary/aromatic N) is 3. The van der Waals surface area contributed by atoms with Gasteiger partial charge in [0.25, 0.3) is 5.78 Å². The van der Waals surface area contributed by atoms with Gasteiger partial charge in [0, 0.05) is 22.4 Å². The van der Waals surface area contributed by atoms with Crippen LogP contribution in [0.1, 0.15) is 5.56 Å². The van der Waals surface area contributed by atoms with E-state index in [4.69, 9.17) is 0 Å². The van der Waals surface area contributed by atoms with Crippen LogP contribution in [0.2, 0.25) is 0 Å². The van der Waals surface area contributed by atoms with E-state index >= 15 is 0 Å². The van der Waals surface area contributed by atoms with Crippen LogP contribution in [0, 0.1) is 0 Å². The molecule has 0 spiro atoms. The lowest BCUT2D eigenvalue weighted by molar-refractivity contribution is -0.132. The van der Waals surface area contributed by atoms with Crippen molar-refractivity contribution in [3.63, 3.8) is 0 Å². The maximum Gasteiger partial charge on any atom is 0.318 e. The lowest BCUT2D eigenvalue weighted by atomic mass is 9.95. The molecule has 0 aliphatic carbocycles. The number of H-pyrrole nitrogens is 1. The van der Waals surface area contributed by atoms with Gasteiger partial charge in [-0.2, -0.15) is 0 Å². The quantitative estimate of drug-likeness (QED) is 0.435. The molecule has 1 amide bonds. The van der Waals surface area contributed by atoms with E-state index in [1.165, 1.54) is 0 Å². The average molecular weight is 404 g/mol. The molecule has 0 unspecified atom stereocenters. The number of hydrogen-bond donors (Lipinski definition) is 1. The van der Waals surface area contributed by atoms with Crippen molar-refractivity contribution in [3.8, 4) is 0 Å². The van der Waals surface area contributed by atoms with Crippen molar-refractivity contribution in [3.05, 3.63) is 108 Å². The molecule has 6 nitrogen and oxygen atoms in total. The summed E-state index contributed by atoms with van der Waals surface area (Å²) in [6.45, 7) is 0. The predicted octanol–water partition coefficient (Wildman–Crippen LogP) is 2.73. The number of aromatic amines is 1. The Morgan fingerprint density at radius 3 is 2.35 bits per heavy atom. The van der Waals surface area contributed by atoms with Gasteiger partial charge in [-0.15, -0.1) is 0 Å². The number of benzene rings is 3. The van der Waals surface area contributed by atoms with Crippen LogP contribution in [-0.4, -0.2) is 26.6 Å². The van der Waals surface area contributed by atoms with E-state index in [9.17, 15) is 9.59 Å². The molecule has 6 rings (SSSR count). The van der Waals surface area contributed by atoms with Crippen molar-refractivity contribution in [2.45, 2.75) is 0 Å². The third-order valence-electron chi connectivity index (χ3n) is 5.05. The summed E-state index contributed by atoms with van der Waals surface area (Å²) in [5, 5.41) is 1.97. The van der Waals surface area contributed by atoms with Crippen LogP contribution < -0.4 is 10.6 Å². The van der Waals surface area contributed by atoms with Crippen LogP contribution in [0.4, 0.5) is 0 Å². The van der Waals surface area contributed by atoms with Crippen molar-refractivity contribution >= 4 is 39.2 Å². The fraction of sp³-hybridized carbons (Fsp3) is 0. The van der Waals surface area contributed by atoms with Crippen LogP contribution in [0.3, 0.4) is 0 Å². The highest BCUT2D eigenvalue weighted by atomic mass is 16.2. The number of nitrogens with one attached hydrogen (secondary N) is 1. The summed E-state index contributed by atoms with van der Waals surface area (Å²) in [5.41, 5.74) is 4.00. The van der Waals surface area contributed by atoms with Gasteiger partial charge >= 0.3 is 5.91 Å². The van der Waals surface area contributed by atoms with E-state index in [1.54, 1.807) is 24.7 Å².